The lowest BCUT2D eigenvalue weighted by Gasteiger charge is -2.41. The van der Waals surface area contributed by atoms with E-state index in [1.54, 1.807) is 0 Å². The average molecular weight is 286 g/mol. The maximum atomic E-state index is 6.03. The first-order valence-electron chi connectivity index (χ1n) is 8.49. The van der Waals surface area contributed by atoms with E-state index >= 15 is 0 Å². The molecule has 0 saturated carbocycles. The smallest absolute Gasteiger partial charge is 0.0707 e. The summed E-state index contributed by atoms with van der Waals surface area (Å²) >= 11 is 0. The number of fused-ring (bicyclic) bond motifs is 3. The molecule has 1 aromatic rings. The highest BCUT2D eigenvalue weighted by Crippen LogP contribution is 2.35. The highest BCUT2D eigenvalue weighted by Gasteiger charge is 2.39. The second kappa shape index (κ2) is 5.71. The molecule has 2 saturated heterocycles. The monoisotopic (exact) mass is 286 g/mol. The van der Waals surface area contributed by atoms with Gasteiger partial charge in [-0.2, -0.15) is 0 Å². The molecule has 3 nitrogen and oxygen atoms in total. The van der Waals surface area contributed by atoms with Gasteiger partial charge in [-0.1, -0.05) is 24.3 Å². The number of ether oxygens (including phenoxy) is 1. The molecule has 0 amide bonds. The fourth-order valence-electron chi connectivity index (χ4n) is 4.60. The molecule has 0 radical (unpaired) electrons. The average Bonchev–Trinajstić information content (AvgIpc) is 2.75. The van der Waals surface area contributed by atoms with Crippen LogP contribution in [0.1, 0.15) is 42.9 Å². The summed E-state index contributed by atoms with van der Waals surface area (Å²) < 4.78 is 6.03. The van der Waals surface area contributed by atoms with Gasteiger partial charge in [0, 0.05) is 25.2 Å². The summed E-state index contributed by atoms with van der Waals surface area (Å²) in [7, 11) is 2.12. The fourth-order valence-corrected chi connectivity index (χ4v) is 4.60. The molecule has 4 unspecified atom stereocenters. The lowest BCUT2D eigenvalue weighted by atomic mass is 9.94. The number of hydrogen-bond acceptors (Lipinski definition) is 3. The van der Waals surface area contributed by atoms with Crippen LogP contribution in [0.15, 0.2) is 24.3 Å². The zero-order valence-corrected chi connectivity index (χ0v) is 12.9. The molecular formula is C18H26N2O. The van der Waals surface area contributed by atoms with E-state index < -0.39 is 0 Å². The number of benzene rings is 1. The number of hydrogen-bond donors (Lipinski definition) is 1. The Kier molecular flexibility index (Phi) is 3.74. The van der Waals surface area contributed by atoms with Gasteiger partial charge in [0.1, 0.15) is 0 Å². The van der Waals surface area contributed by atoms with Crippen LogP contribution in [-0.2, 0) is 11.2 Å². The Morgan fingerprint density at radius 2 is 1.86 bits per heavy atom. The van der Waals surface area contributed by atoms with Crippen molar-refractivity contribution in [2.45, 2.75) is 56.4 Å². The molecule has 2 fully saturated rings. The molecule has 4 rings (SSSR count). The van der Waals surface area contributed by atoms with Gasteiger partial charge in [0.05, 0.1) is 12.2 Å². The Hall–Kier alpha value is -0.900. The maximum absolute atomic E-state index is 6.03. The molecule has 2 heterocycles. The minimum Gasteiger partial charge on any atom is -0.372 e. The number of nitrogens with one attached hydrogen (secondary N) is 1. The van der Waals surface area contributed by atoms with Gasteiger partial charge in [-0.3, -0.25) is 4.90 Å². The van der Waals surface area contributed by atoms with E-state index in [1.807, 2.05) is 0 Å². The lowest BCUT2D eigenvalue weighted by molar-refractivity contribution is -0.0586. The van der Waals surface area contributed by atoms with Gasteiger partial charge in [0.2, 0.25) is 0 Å². The molecule has 0 aromatic heterocycles. The van der Waals surface area contributed by atoms with Crippen LogP contribution >= 0.6 is 0 Å². The van der Waals surface area contributed by atoms with E-state index in [2.05, 4.69) is 41.5 Å². The summed E-state index contributed by atoms with van der Waals surface area (Å²) in [4.78, 5) is 2.72. The molecule has 3 heteroatoms. The van der Waals surface area contributed by atoms with Crippen molar-refractivity contribution in [3.05, 3.63) is 35.4 Å². The highest BCUT2D eigenvalue weighted by atomic mass is 16.5. The number of aryl methyl sites for hydroxylation is 1. The second-order valence-corrected chi connectivity index (χ2v) is 6.84. The van der Waals surface area contributed by atoms with Crippen molar-refractivity contribution in [2.24, 2.45) is 0 Å². The number of nitrogens with zero attached hydrogens (tertiary/aromatic N) is 1. The van der Waals surface area contributed by atoms with Gasteiger partial charge in [-0.25, -0.2) is 0 Å². The molecular weight excluding hydrogens is 260 g/mol. The molecule has 2 aliphatic heterocycles. The van der Waals surface area contributed by atoms with Crippen molar-refractivity contribution < 1.29 is 4.74 Å². The van der Waals surface area contributed by atoms with Gasteiger partial charge in [-0.05, 0) is 50.3 Å². The van der Waals surface area contributed by atoms with Gasteiger partial charge in [0.15, 0.2) is 0 Å². The Morgan fingerprint density at radius 1 is 1.10 bits per heavy atom. The maximum Gasteiger partial charge on any atom is 0.0707 e. The fraction of sp³-hybridized carbons (Fsp3) is 0.667. The van der Waals surface area contributed by atoms with Crippen LogP contribution in [0.25, 0.3) is 0 Å². The lowest BCUT2D eigenvalue weighted by Crippen LogP contribution is -2.51. The van der Waals surface area contributed by atoms with Gasteiger partial charge in [0.25, 0.3) is 0 Å². The predicted molar refractivity (Wildman–Crippen MR) is 84.4 cm³/mol. The summed E-state index contributed by atoms with van der Waals surface area (Å²) in [5, 5.41) is 3.62. The van der Waals surface area contributed by atoms with Gasteiger partial charge >= 0.3 is 0 Å². The molecule has 21 heavy (non-hydrogen) atoms. The molecule has 4 atom stereocenters. The van der Waals surface area contributed by atoms with Gasteiger partial charge in [-0.15, -0.1) is 0 Å². The molecule has 3 aliphatic rings. The molecule has 1 aliphatic carbocycles. The molecule has 1 aromatic carbocycles. The Bertz CT molecular complexity index is 492. The Labute approximate surface area is 127 Å². The van der Waals surface area contributed by atoms with Crippen molar-refractivity contribution in [2.75, 3.05) is 20.1 Å². The van der Waals surface area contributed by atoms with Crippen LogP contribution < -0.4 is 5.32 Å². The number of likely N-dealkylation sites (N-methyl/N-ethyl adjacent to an activating group) is 1. The van der Waals surface area contributed by atoms with E-state index in [1.165, 1.54) is 43.2 Å². The third kappa shape index (κ3) is 2.52. The topological polar surface area (TPSA) is 24.5 Å². The molecule has 114 valence electrons. The number of morpholine rings is 1. The van der Waals surface area contributed by atoms with Crippen molar-refractivity contribution >= 4 is 0 Å². The molecule has 0 spiro atoms. The minimum atomic E-state index is 0.459. The molecule has 1 N–H and O–H groups in total. The summed E-state index contributed by atoms with van der Waals surface area (Å²) in [5.74, 6) is 0. The minimum absolute atomic E-state index is 0.459. The van der Waals surface area contributed by atoms with E-state index in [9.17, 15) is 0 Å². The first-order chi connectivity index (χ1) is 10.3. The van der Waals surface area contributed by atoms with E-state index in [4.69, 9.17) is 4.74 Å². The Balaban J connectivity index is 1.62. The quantitative estimate of drug-likeness (QED) is 0.846. The van der Waals surface area contributed by atoms with E-state index in [-0.39, 0.29) is 0 Å². The normalized spacial score (nSPS) is 36.2. The summed E-state index contributed by atoms with van der Waals surface area (Å²) in [6.45, 7) is 2.25. The third-order valence-corrected chi connectivity index (χ3v) is 5.57. The zero-order chi connectivity index (χ0) is 14.2. The van der Waals surface area contributed by atoms with Crippen molar-refractivity contribution in [1.82, 2.24) is 10.2 Å². The summed E-state index contributed by atoms with van der Waals surface area (Å²) in [6, 6.07) is 10.1. The standard InChI is InChI=1S/C18H26N2O/c1-19-18-16-7-3-2-5-13(16)6-4-8-17(18)20-11-14-9-10-15(12-20)21-14/h2-3,5,7,14-15,17-19H,4,6,8-12H2,1H3. The largest absolute Gasteiger partial charge is 0.372 e. The van der Waals surface area contributed by atoms with Crippen LogP contribution in [0.3, 0.4) is 0 Å². The van der Waals surface area contributed by atoms with Gasteiger partial charge < -0.3 is 10.1 Å². The van der Waals surface area contributed by atoms with E-state index in [0.29, 0.717) is 24.3 Å². The van der Waals surface area contributed by atoms with Crippen LogP contribution in [0.2, 0.25) is 0 Å². The molecule has 2 bridgehead atoms. The van der Waals surface area contributed by atoms with Crippen LogP contribution in [0, 0.1) is 0 Å². The SMILES string of the molecule is CNC1c2ccccc2CCCC1N1CC2CCC(C1)O2. The number of likely N-dealkylation sites (tertiary alicyclic amines) is 1. The van der Waals surface area contributed by atoms with Crippen molar-refractivity contribution in [1.29, 1.82) is 0 Å². The summed E-state index contributed by atoms with van der Waals surface area (Å²) in [5.41, 5.74) is 3.05. The zero-order valence-electron chi connectivity index (χ0n) is 12.9. The Morgan fingerprint density at radius 3 is 2.62 bits per heavy atom. The number of rotatable bonds is 2. The predicted octanol–water partition coefficient (Wildman–Crippen LogP) is 2.52. The second-order valence-electron chi connectivity index (χ2n) is 6.84. The first kappa shape index (κ1) is 13.7. The van der Waals surface area contributed by atoms with Crippen LogP contribution in [-0.4, -0.2) is 43.3 Å². The highest BCUT2D eigenvalue weighted by molar-refractivity contribution is 5.32. The van der Waals surface area contributed by atoms with Crippen molar-refractivity contribution in [3.63, 3.8) is 0 Å². The van der Waals surface area contributed by atoms with Crippen LogP contribution in [0.4, 0.5) is 0 Å². The third-order valence-electron chi connectivity index (χ3n) is 5.57. The van der Waals surface area contributed by atoms with E-state index in [0.717, 1.165) is 13.1 Å². The first-order valence-corrected chi connectivity index (χ1v) is 8.49. The van der Waals surface area contributed by atoms with Crippen LogP contribution in [0.5, 0.6) is 0 Å². The summed E-state index contributed by atoms with van der Waals surface area (Å²) in [6.07, 6.45) is 7.30. The van der Waals surface area contributed by atoms with Crippen molar-refractivity contribution in [3.8, 4) is 0 Å².